The Kier molecular flexibility index (Phi) is 8.47. The van der Waals surface area contributed by atoms with E-state index in [1.165, 1.54) is 11.1 Å². The molecule has 0 aliphatic carbocycles. The largest absolute Gasteiger partial charge is 0.497 e. The molecule has 3 aromatic carbocycles. The van der Waals surface area contributed by atoms with Crippen LogP contribution in [-0.2, 0) is 17.8 Å². The summed E-state index contributed by atoms with van der Waals surface area (Å²) in [5, 5.41) is 4.07. The Hall–Kier alpha value is -3.80. The Labute approximate surface area is 195 Å². The third-order valence-corrected chi connectivity index (χ3v) is 5.08. The summed E-state index contributed by atoms with van der Waals surface area (Å²) in [6.07, 6.45) is 1.82. The van der Waals surface area contributed by atoms with Crippen LogP contribution in [0.15, 0.2) is 65.8 Å². The SMILES string of the molecule is CCOc1cc(/C=N\NC(=O)Cc2ccc(OC)cc2)ccc1OCc1cc(C)ccc1C. The standard InChI is InChI=1S/C27H30N2O4/c1-5-32-26-15-22(10-13-25(26)33-18-23-14-19(2)6-7-20(23)3)17-28-29-27(30)16-21-8-11-24(31-4)12-9-21/h6-15,17H,5,16,18H2,1-4H3,(H,29,30)/b28-17-. The summed E-state index contributed by atoms with van der Waals surface area (Å²) in [7, 11) is 1.61. The van der Waals surface area contributed by atoms with Crippen molar-refractivity contribution in [3.05, 3.63) is 88.5 Å². The minimum Gasteiger partial charge on any atom is -0.497 e. The molecule has 6 heteroatoms. The lowest BCUT2D eigenvalue weighted by molar-refractivity contribution is -0.120. The number of amides is 1. The molecule has 0 bridgehead atoms. The molecule has 0 unspecified atom stereocenters. The van der Waals surface area contributed by atoms with Crippen LogP contribution in [0.5, 0.6) is 17.2 Å². The monoisotopic (exact) mass is 446 g/mol. The molecule has 0 aliphatic rings. The lowest BCUT2D eigenvalue weighted by Crippen LogP contribution is -2.19. The zero-order valence-corrected chi connectivity index (χ0v) is 19.6. The minimum absolute atomic E-state index is 0.199. The topological polar surface area (TPSA) is 69.2 Å². The number of aryl methyl sites for hydroxylation is 2. The van der Waals surface area contributed by atoms with Gasteiger partial charge in [-0.15, -0.1) is 0 Å². The van der Waals surface area contributed by atoms with Crippen molar-refractivity contribution in [2.24, 2.45) is 5.10 Å². The zero-order chi connectivity index (χ0) is 23.6. The molecule has 3 aromatic rings. The number of rotatable bonds is 10. The summed E-state index contributed by atoms with van der Waals surface area (Å²) in [4.78, 5) is 12.2. The molecular weight excluding hydrogens is 416 g/mol. The number of ether oxygens (including phenoxy) is 3. The maximum atomic E-state index is 12.2. The molecule has 0 aromatic heterocycles. The first-order chi connectivity index (χ1) is 16.0. The van der Waals surface area contributed by atoms with Gasteiger partial charge in [-0.2, -0.15) is 5.10 Å². The van der Waals surface area contributed by atoms with Crippen LogP contribution in [0.25, 0.3) is 0 Å². The van der Waals surface area contributed by atoms with Gasteiger partial charge >= 0.3 is 0 Å². The maximum absolute atomic E-state index is 12.2. The first-order valence-corrected chi connectivity index (χ1v) is 10.9. The minimum atomic E-state index is -0.199. The lowest BCUT2D eigenvalue weighted by atomic mass is 10.1. The summed E-state index contributed by atoms with van der Waals surface area (Å²) < 4.78 is 16.9. The fourth-order valence-electron chi connectivity index (χ4n) is 3.25. The third kappa shape index (κ3) is 7.10. The van der Waals surface area contributed by atoms with E-state index in [2.05, 4.69) is 42.6 Å². The summed E-state index contributed by atoms with van der Waals surface area (Å²) in [6.45, 7) is 7.04. The normalized spacial score (nSPS) is 10.8. The summed E-state index contributed by atoms with van der Waals surface area (Å²) in [6, 6.07) is 19.3. The van der Waals surface area contributed by atoms with Gasteiger partial charge in [0, 0.05) is 0 Å². The van der Waals surface area contributed by atoms with Gasteiger partial charge in [0.25, 0.3) is 0 Å². The second-order valence-corrected chi connectivity index (χ2v) is 7.68. The molecule has 0 saturated carbocycles. The van der Waals surface area contributed by atoms with Crippen LogP contribution in [-0.4, -0.2) is 25.8 Å². The van der Waals surface area contributed by atoms with Crippen molar-refractivity contribution >= 4 is 12.1 Å². The number of carbonyl (C=O) groups is 1. The van der Waals surface area contributed by atoms with Gasteiger partial charge in [-0.3, -0.25) is 4.79 Å². The second-order valence-electron chi connectivity index (χ2n) is 7.68. The van der Waals surface area contributed by atoms with E-state index in [1.807, 2.05) is 49.4 Å². The molecule has 33 heavy (non-hydrogen) atoms. The van der Waals surface area contributed by atoms with Crippen molar-refractivity contribution in [1.82, 2.24) is 5.43 Å². The Morgan fingerprint density at radius 2 is 1.76 bits per heavy atom. The Morgan fingerprint density at radius 1 is 0.970 bits per heavy atom. The van der Waals surface area contributed by atoms with Crippen molar-refractivity contribution < 1.29 is 19.0 Å². The Bertz CT molecular complexity index is 1110. The molecule has 0 radical (unpaired) electrons. The molecule has 6 nitrogen and oxygen atoms in total. The molecule has 0 fully saturated rings. The van der Waals surface area contributed by atoms with E-state index < -0.39 is 0 Å². The van der Waals surface area contributed by atoms with E-state index in [0.717, 1.165) is 22.4 Å². The molecule has 0 spiro atoms. The lowest BCUT2D eigenvalue weighted by Gasteiger charge is -2.14. The first-order valence-electron chi connectivity index (χ1n) is 10.9. The van der Waals surface area contributed by atoms with Crippen LogP contribution < -0.4 is 19.6 Å². The van der Waals surface area contributed by atoms with Crippen LogP contribution in [0.4, 0.5) is 0 Å². The van der Waals surface area contributed by atoms with Crippen molar-refractivity contribution in [1.29, 1.82) is 0 Å². The van der Waals surface area contributed by atoms with Gasteiger partial charge in [-0.05, 0) is 73.4 Å². The zero-order valence-electron chi connectivity index (χ0n) is 19.6. The average molecular weight is 447 g/mol. The van der Waals surface area contributed by atoms with Gasteiger partial charge in [0.15, 0.2) is 11.5 Å². The first kappa shape index (κ1) is 23.9. The highest BCUT2D eigenvalue weighted by molar-refractivity contribution is 5.84. The van der Waals surface area contributed by atoms with Crippen molar-refractivity contribution in [2.75, 3.05) is 13.7 Å². The number of carbonyl (C=O) groups excluding carboxylic acids is 1. The van der Waals surface area contributed by atoms with E-state index in [0.29, 0.717) is 24.7 Å². The van der Waals surface area contributed by atoms with E-state index in [1.54, 1.807) is 13.3 Å². The number of nitrogens with one attached hydrogen (secondary N) is 1. The van der Waals surface area contributed by atoms with Crippen LogP contribution in [0, 0.1) is 13.8 Å². The maximum Gasteiger partial charge on any atom is 0.244 e. The Morgan fingerprint density at radius 3 is 2.48 bits per heavy atom. The smallest absolute Gasteiger partial charge is 0.244 e. The fraction of sp³-hybridized carbons (Fsp3) is 0.259. The molecule has 0 heterocycles. The highest BCUT2D eigenvalue weighted by Crippen LogP contribution is 2.29. The summed E-state index contributed by atoms with van der Waals surface area (Å²) >= 11 is 0. The highest BCUT2D eigenvalue weighted by atomic mass is 16.5. The van der Waals surface area contributed by atoms with Gasteiger partial charge < -0.3 is 14.2 Å². The molecule has 0 saturated heterocycles. The van der Waals surface area contributed by atoms with E-state index >= 15 is 0 Å². The molecule has 0 atom stereocenters. The van der Waals surface area contributed by atoms with Crippen molar-refractivity contribution in [3.63, 3.8) is 0 Å². The van der Waals surface area contributed by atoms with Crippen LogP contribution in [0.3, 0.4) is 0 Å². The molecule has 1 N–H and O–H groups in total. The van der Waals surface area contributed by atoms with E-state index in [4.69, 9.17) is 14.2 Å². The third-order valence-electron chi connectivity index (χ3n) is 5.08. The van der Waals surface area contributed by atoms with Gasteiger partial charge in [0.05, 0.1) is 26.4 Å². The number of hydrogen-bond donors (Lipinski definition) is 1. The van der Waals surface area contributed by atoms with Gasteiger partial charge in [-0.25, -0.2) is 5.43 Å². The molecule has 0 aliphatic heterocycles. The highest BCUT2D eigenvalue weighted by Gasteiger charge is 2.08. The predicted octanol–water partition coefficient (Wildman–Crippen LogP) is 4.98. The number of benzene rings is 3. The van der Waals surface area contributed by atoms with Crippen LogP contribution in [0.1, 0.15) is 34.7 Å². The molecule has 3 rings (SSSR count). The summed E-state index contributed by atoms with van der Waals surface area (Å²) in [5.41, 5.74) is 7.76. The number of hydrazone groups is 1. The number of methoxy groups -OCH3 is 1. The fourth-order valence-corrected chi connectivity index (χ4v) is 3.25. The Balaban J connectivity index is 1.60. The number of nitrogens with zero attached hydrogens (tertiary/aromatic N) is 1. The van der Waals surface area contributed by atoms with Gasteiger partial charge in [0.2, 0.25) is 5.91 Å². The van der Waals surface area contributed by atoms with E-state index in [9.17, 15) is 4.79 Å². The average Bonchev–Trinajstić information content (AvgIpc) is 2.81. The van der Waals surface area contributed by atoms with Gasteiger partial charge in [0.1, 0.15) is 12.4 Å². The number of hydrogen-bond acceptors (Lipinski definition) is 5. The quantitative estimate of drug-likeness (QED) is 0.352. The molecular formula is C27H30N2O4. The van der Waals surface area contributed by atoms with Gasteiger partial charge in [-0.1, -0.05) is 35.9 Å². The summed E-state index contributed by atoms with van der Waals surface area (Å²) in [5.74, 6) is 1.86. The van der Waals surface area contributed by atoms with Crippen molar-refractivity contribution in [3.8, 4) is 17.2 Å². The molecule has 1 amide bonds. The van der Waals surface area contributed by atoms with Crippen LogP contribution in [0.2, 0.25) is 0 Å². The van der Waals surface area contributed by atoms with Crippen molar-refractivity contribution in [2.45, 2.75) is 33.8 Å². The second kappa shape index (κ2) is 11.7. The van der Waals surface area contributed by atoms with E-state index in [-0.39, 0.29) is 12.3 Å². The molecule has 172 valence electrons. The van der Waals surface area contributed by atoms with Crippen LogP contribution >= 0.6 is 0 Å². The predicted molar refractivity (Wildman–Crippen MR) is 130 cm³/mol.